The van der Waals surface area contributed by atoms with Crippen molar-refractivity contribution in [3.8, 4) is 5.75 Å². The van der Waals surface area contributed by atoms with Crippen LogP contribution in [0.4, 0.5) is 13.2 Å². The standard InChI is InChI=1S/C12H14F3O/c1-4-9-5-10(8(2)3)7-11(6-9)16-12(13,14)15/h5-7H,4H2,1-3H3. The molecule has 0 aliphatic rings. The molecule has 0 amide bonds. The van der Waals surface area contributed by atoms with E-state index < -0.39 is 6.36 Å². The molecular formula is C12H14F3O. The minimum absolute atomic E-state index is 0.150. The second-order valence-corrected chi connectivity index (χ2v) is 3.77. The van der Waals surface area contributed by atoms with Crippen molar-refractivity contribution in [2.24, 2.45) is 0 Å². The molecule has 0 saturated heterocycles. The summed E-state index contributed by atoms with van der Waals surface area (Å²) >= 11 is 0. The molecule has 0 fully saturated rings. The van der Waals surface area contributed by atoms with Gasteiger partial charge in [0.25, 0.3) is 0 Å². The first-order valence-electron chi connectivity index (χ1n) is 5.02. The third-order valence-electron chi connectivity index (χ3n) is 2.19. The van der Waals surface area contributed by atoms with Gasteiger partial charge in [-0.05, 0) is 35.6 Å². The molecule has 4 heteroatoms. The summed E-state index contributed by atoms with van der Waals surface area (Å²) in [6.07, 6.45) is -3.96. The van der Waals surface area contributed by atoms with Gasteiger partial charge < -0.3 is 4.74 Å². The fraction of sp³-hybridized carbons (Fsp3) is 0.417. The molecule has 0 aromatic heterocycles. The van der Waals surface area contributed by atoms with E-state index in [9.17, 15) is 13.2 Å². The number of halogens is 3. The first-order chi connectivity index (χ1) is 7.31. The van der Waals surface area contributed by atoms with Gasteiger partial charge in [-0.3, -0.25) is 0 Å². The van der Waals surface area contributed by atoms with Crippen LogP contribution in [0.3, 0.4) is 0 Å². The van der Waals surface area contributed by atoms with Gasteiger partial charge in [-0.2, -0.15) is 0 Å². The quantitative estimate of drug-likeness (QED) is 0.760. The van der Waals surface area contributed by atoms with Crippen LogP contribution in [-0.4, -0.2) is 6.36 Å². The van der Waals surface area contributed by atoms with E-state index in [0.29, 0.717) is 6.42 Å². The Kier molecular flexibility index (Phi) is 3.83. The van der Waals surface area contributed by atoms with Crippen molar-refractivity contribution in [1.82, 2.24) is 0 Å². The molecule has 0 atom stereocenters. The molecule has 1 nitrogen and oxygen atoms in total. The van der Waals surface area contributed by atoms with Gasteiger partial charge in [-0.1, -0.05) is 26.8 Å². The number of rotatable bonds is 3. The molecular weight excluding hydrogens is 217 g/mol. The first kappa shape index (κ1) is 12.9. The fourth-order valence-corrected chi connectivity index (χ4v) is 1.35. The maximum absolute atomic E-state index is 12.1. The summed E-state index contributed by atoms with van der Waals surface area (Å²) in [5.41, 5.74) is 1.61. The van der Waals surface area contributed by atoms with Crippen LogP contribution in [-0.2, 0) is 6.42 Å². The Hall–Kier alpha value is -1.19. The van der Waals surface area contributed by atoms with E-state index in [-0.39, 0.29) is 5.75 Å². The highest BCUT2D eigenvalue weighted by Crippen LogP contribution is 2.27. The van der Waals surface area contributed by atoms with Gasteiger partial charge >= 0.3 is 6.36 Å². The molecule has 0 saturated carbocycles. The minimum atomic E-state index is -4.63. The normalized spacial score (nSPS) is 11.9. The molecule has 0 aliphatic heterocycles. The van der Waals surface area contributed by atoms with Gasteiger partial charge in [0.1, 0.15) is 5.75 Å². The Balaban J connectivity index is 3.04. The molecule has 1 rings (SSSR count). The summed E-state index contributed by atoms with van der Waals surface area (Å²) in [6, 6.07) is 4.69. The maximum Gasteiger partial charge on any atom is 0.573 e. The smallest absolute Gasteiger partial charge is 0.406 e. The Morgan fingerprint density at radius 2 is 1.81 bits per heavy atom. The average molecular weight is 231 g/mol. The van der Waals surface area contributed by atoms with Crippen LogP contribution in [0.2, 0.25) is 0 Å². The highest BCUT2D eigenvalue weighted by Gasteiger charge is 2.31. The lowest BCUT2D eigenvalue weighted by molar-refractivity contribution is -0.274. The van der Waals surface area contributed by atoms with Gasteiger partial charge in [-0.25, -0.2) is 0 Å². The number of hydrogen-bond donors (Lipinski definition) is 0. The second kappa shape index (κ2) is 4.76. The zero-order valence-electron chi connectivity index (χ0n) is 9.48. The molecule has 0 N–H and O–H groups in total. The molecule has 0 unspecified atom stereocenters. The lowest BCUT2D eigenvalue weighted by Crippen LogP contribution is -2.17. The molecule has 0 aliphatic carbocycles. The van der Waals surface area contributed by atoms with Crippen LogP contribution in [0.1, 0.15) is 31.9 Å². The zero-order valence-corrected chi connectivity index (χ0v) is 9.48. The van der Waals surface area contributed by atoms with Crippen molar-refractivity contribution in [3.63, 3.8) is 0 Å². The summed E-state index contributed by atoms with van der Waals surface area (Å²) in [5.74, 6) is 0.811. The van der Waals surface area contributed by atoms with Crippen LogP contribution < -0.4 is 4.74 Å². The number of ether oxygens (including phenoxy) is 1. The summed E-state index contributed by atoms with van der Waals surface area (Å²) in [7, 11) is 0. The maximum atomic E-state index is 12.1. The Labute approximate surface area is 93.2 Å². The predicted octanol–water partition coefficient (Wildman–Crippen LogP) is 4.11. The van der Waals surface area contributed by atoms with Gasteiger partial charge in [0, 0.05) is 0 Å². The average Bonchev–Trinajstić information content (AvgIpc) is 2.14. The van der Waals surface area contributed by atoms with E-state index in [0.717, 1.165) is 17.0 Å². The van der Waals surface area contributed by atoms with Crippen LogP contribution in [0, 0.1) is 5.92 Å². The van der Waals surface area contributed by atoms with Gasteiger partial charge in [0.2, 0.25) is 0 Å². The van der Waals surface area contributed by atoms with E-state index in [1.54, 1.807) is 0 Å². The van der Waals surface area contributed by atoms with Crippen molar-refractivity contribution in [3.05, 3.63) is 35.2 Å². The second-order valence-electron chi connectivity index (χ2n) is 3.77. The number of benzene rings is 1. The zero-order chi connectivity index (χ0) is 12.3. The van der Waals surface area contributed by atoms with Gasteiger partial charge in [0.05, 0.1) is 0 Å². The largest absolute Gasteiger partial charge is 0.573 e. The van der Waals surface area contributed by atoms with Crippen molar-refractivity contribution in [2.75, 3.05) is 0 Å². The summed E-state index contributed by atoms with van der Waals surface area (Å²) in [6.45, 7) is 5.60. The number of hydrogen-bond acceptors (Lipinski definition) is 1. The van der Waals surface area contributed by atoms with Crippen LogP contribution in [0.15, 0.2) is 18.2 Å². The first-order valence-corrected chi connectivity index (χ1v) is 5.02. The van der Waals surface area contributed by atoms with Crippen molar-refractivity contribution >= 4 is 0 Å². The highest BCUT2D eigenvalue weighted by molar-refractivity contribution is 5.40. The number of aryl methyl sites for hydroxylation is 1. The molecule has 1 aromatic rings. The SMILES string of the molecule is CCc1cc(OC(F)(F)F)cc([C](C)C)c1. The van der Waals surface area contributed by atoms with Crippen molar-refractivity contribution in [2.45, 2.75) is 33.6 Å². The third kappa shape index (κ3) is 3.76. The van der Waals surface area contributed by atoms with E-state index in [2.05, 4.69) is 4.74 Å². The van der Waals surface area contributed by atoms with Crippen LogP contribution >= 0.6 is 0 Å². The van der Waals surface area contributed by atoms with Crippen molar-refractivity contribution in [1.29, 1.82) is 0 Å². The van der Waals surface area contributed by atoms with E-state index in [1.165, 1.54) is 12.1 Å². The number of alkyl halides is 3. The molecule has 0 spiro atoms. The van der Waals surface area contributed by atoms with E-state index >= 15 is 0 Å². The lowest BCUT2D eigenvalue weighted by Gasteiger charge is -2.13. The van der Waals surface area contributed by atoms with Gasteiger partial charge in [0.15, 0.2) is 0 Å². The van der Waals surface area contributed by atoms with E-state index in [4.69, 9.17) is 0 Å². The predicted molar refractivity (Wildman–Crippen MR) is 56.2 cm³/mol. The Bertz CT molecular complexity index is 356. The molecule has 1 aromatic carbocycles. The Morgan fingerprint density at radius 1 is 1.19 bits per heavy atom. The monoisotopic (exact) mass is 231 g/mol. The third-order valence-corrected chi connectivity index (χ3v) is 2.19. The molecule has 0 bridgehead atoms. The van der Waals surface area contributed by atoms with Crippen molar-refractivity contribution < 1.29 is 17.9 Å². The summed E-state index contributed by atoms with van der Waals surface area (Å²) in [5, 5.41) is 0. The van der Waals surface area contributed by atoms with E-state index in [1.807, 2.05) is 26.8 Å². The van der Waals surface area contributed by atoms with Crippen LogP contribution in [0.25, 0.3) is 0 Å². The molecule has 1 radical (unpaired) electrons. The molecule has 89 valence electrons. The summed E-state index contributed by atoms with van der Waals surface area (Å²) < 4.78 is 40.2. The highest BCUT2D eigenvalue weighted by atomic mass is 19.4. The van der Waals surface area contributed by atoms with Crippen LogP contribution in [0.5, 0.6) is 5.75 Å². The minimum Gasteiger partial charge on any atom is -0.406 e. The fourth-order valence-electron chi connectivity index (χ4n) is 1.35. The molecule has 16 heavy (non-hydrogen) atoms. The molecule has 0 heterocycles. The van der Waals surface area contributed by atoms with Gasteiger partial charge in [-0.15, -0.1) is 13.2 Å². The lowest BCUT2D eigenvalue weighted by atomic mass is 9.99. The Morgan fingerprint density at radius 3 is 2.25 bits per heavy atom. The topological polar surface area (TPSA) is 9.23 Å². The summed E-state index contributed by atoms with van der Waals surface area (Å²) in [4.78, 5) is 0.